The number of nitrogens with zero attached hydrogens (tertiary/aromatic N) is 4. The van der Waals surface area contributed by atoms with Crippen molar-refractivity contribution in [1.29, 1.82) is 5.41 Å². The fourth-order valence-electron chi connectivity index (χ4n) is 4.30. The van der Waals surface area contributed by atoms with Crippen LogP contribution in [0.5, 0.6) is 17.2 Å². The van der Waals surface area contributed by atoms with E-state index < -0.39 is 23.1 Å². The van der Waals surface area contributed by atoms with Crippen molar-refractivity contribution in [1.82, 2.24) is 19.1 Å². The largest absolute Gasteiger partial charge is 0.493 e. The van der Waals surface area contributed by atoms with E-state index in [0.717, 1.165) is 12.3 Å². The van der Waals surface area contributed by atoms with Gasteiger partial charge in [0.05, 0.1) is 24.3 Å². The van der Waals surface area contributed by atoms with Crippen molar-refractivity contribution in [2.45, 2.75) is 13.3 Å². The van der Waals surface area contributed by atoms with Gasteiger partial charge < -0.3 is 24.8 Å². The fourth-order valence-corrected chi connectivity index (χ4v) is 4.30. The molecule has 0 atom stereocenters. The topological polar surface area (TPSA) is 124 Å². The predicted octanol–water partition coefficient (Wildman–Crippen LogP) is 5.55. The number of nitrogens with one attached hydrogen (secondary N) is 2. The van der Waals surface area contributed by atoms with Crippen LogP contribution in [0.25, 0.3) is 16.9 Å². The molecule has 0 aliphatic heterocycles. The van der Waals surface area contributed by atoms with Crippen molar-refractivity contribution < 1.29 is 23.0 Å². The van der Waals surface area contributed by atoms with Crippen molar-refractivity contribution in [3.8, 4) is 34.2 Å². The first-order chi connectivity index (χ1) is 20.8. The van der Waals surface area contributed by atoms with Crippen LogP contribution < -0.4 is 20.3 Å². The summed E-state index contributed by atoms with van der Waals surface area (Å²) in [6.07, 6.45) is 7.80. The Morgan fingerprint density at radius 2 is 1.84 bits per heavy atom. The van der Waals surface area contributed by atoms with Gasteiger partial charge in [-0.2, -0.15) is 0 Å². The molecule has 3 heterocycles. The second-order valence-electron chi connectivity index (χ2n) is 9.34. The van der Waals surface area contributed by atoms with Gasteiger partial charge in [-0.1, -0.05) is 0 Å². The molecule has 43 heavy (non-hydrogen) atoms. The number of benzene rings is 2. The number of amides is 1. The van der Waals surface area contributed by atoms with Crippen LogP contribution in [0.2, 0.25) is 0 Å². The van der Waals surface area contributed by atoms with Crippen LogP contribution in [0.4, 0.5) is 14.5 Å². The van der Waals surface area contributed by atoms with Gasteiger partial charge >= 0.3 is 0 Å². The lowest BCUT2D eigenvalue weighted by Crippen LogP contribution is -2.29. The van der Waals surface area contributed by atoms with Crippen LogP contribution in [-0.4, -0.2) is 37.8 Å². The van der Waals surface area contributed by atoms with Gasteiger partial charge in [-0.25, -0.2) is 13.8 Å². The molecule has 3 aromatic heterocycles. The molecule has 2 N–H and O–H groups in total. The van der Waals surface area contributed by atoms with Gasteiger partial charge in [-0.05, 0) is 55.5 Å². The van der Waals surface area contributed by atoms with Gasteiger partial charge in [-0.3, -0.25) is 19.1 Å². The Labute approximate surface area is 244 Å². The number of imidazole rings is 1. The molecule has 5 aromatic rings. The highest BCUT2D eigenvalue weighted by molar-refractivity contribution is 6.06. The van der Waals surface area contributed by atoms with Gasteiger partial charge in [0.1, 0.15) is 22.9 Å². The highest BCUT2D eigenvalue weighted by atomic mass is 19.1. The Kier molecular flexibility index (Phi) is 8.37. The summed E-state index contributed by atoms with van der Waals surface area (Å²) in [6.45, 7) is 1.90. The fraction of sp³-hybridized carbons (Fsp3) is 0.129. The molecule has 0 bridgehead atoms. The van der Waals surface area contributed by atoms with E-state index in [4.69, 9.17) is 14.9 Å². The first-order valence-electron chi connectivity index (χ1n) is 13.2. The van der Waals surface area contributed by atoms with Crippen molar-refractivity contribution in [3.05, 3.63) is 113 Å². The Balaban J connectivity index is 1.42. The van der Waals surface area contributed by atoms with Crippen molar-refractivity contribution in [3.63, 3.8) is 0 Å². The number of hydrogen-bond donors (Lipinski definition) is 2. The molecule has 0 aliphatic rings. The number of anilines is 1. The maximum Gasteiger partial charge on any atom is 0.271 e. The molecule has 10 nitrogen and oxygen atoms in total. The van der Waals surface area contributed by atoms with Crippen LogP contribution in [0.1, 0.15) is 23.0 Å². The molecular formula is C31H26F2N6O4. The molecule has 0 saturated carbocycles. The van der Waals surface area contributed by atoms with Gasteiger partial charge in [-0.15, -0.1) is 0 Å². The third-order valence-corrected chi connectivity index (χ3v) is 6.32. The van der Waals surface area contributed by atoms with Crippen LogP contribution in [0, 0.1) is 17.0 Å². The normalized spacial score (nSPS) is 10.8. The number of rotatable bonds is 10. The zero-order chi connectivity index (χ0) is 30.5. The molecule has 5 rings (SSSR count). The second kappa shape index (κ2) is 12.5. The summed E-state index contributed by atoms with van der Waals surface area (Å²) < 4.78 is 43.0. The van der Waals surface area contributed by atoms with Crippen LogP contribution in [0.15, 0.2) is 84.3 Å². The summed E-state index contributed by atoms with van der Waals surface area (Å²) in [7, 11) is 1.83. The summed E-state index contributed by atoms with van der Waals surface area (Å²) in [6, 6.07) is 12.1. The molecule has 0 spiro atoms. The average Bonchev–Trinajstić information content (AvgIpc) is 3.42. The zero-order valence-corrected chi connectivity index (χ0v) is 23.2. The van der Waals surface area contributed by atoms with E-state index >= 15 is 4.39 Å². The van der Waals surface area contributed by atoms with E-state index in [0.29, 0.717) is 22.6 Å². The van der Waals surface area contributed by atoms with Gasteiger partial charge in [0.2, 0.25) is 0 Å². The highest BCUT2D eigenvalue weighted by Gasteiger charge is 2.21. The molecule has 12 heteroatoms. The van der Waals surface area contributed by atoms with Crippen molar-refractivity contribution >= 4 is 17.8 Å². The second-order valence-corrected chi connectivity index (χ2v) is 9.34. The number of aryl methyl sites for hydroxylation is 1. The van der Waals surface area contributed by atoms with Crippen LogP contribution in [-0.2, 0) is 13.5 Å². The lowest BCUT2D eigenvalue weighted by molar-refractivity contribution is 0.102. The number of halogens is 2. The van der Waals surface area contributed by atoms with E-state index in [1.54, 1.807) is 36.3 Å². The van der Waals surface area contributed by atoms with E-state index in [9.17, 15) is 14.0 Å². The Morgan fingerprint density at radius 3 is 2.51 bits per heavy atom. The summed E-state index contributed by atoms with van der Waals surface area (Å²) in [4.78, 5) is 35.3. The molecule has 0 radical (unpaired) electrons. The highest BCUT2D eigenvalue weighted by Crippen LogP contribution is 2.32. The van der Waals surface area contributed by atoms with E-state index in [1.165, 1.54) is 53.2 Å². The first-order valence-corrected chi connectivity index (χ1v) is 13.2. The summed E-state index contributed by atoms with van der Waals surface area (Å²) in [5, 5.41) is 10.0. The first kappa shape index (κ1) is 28.9. The number of hydrogen-bond acceptors (Lipinski definition) is 7. The van der Waals surface area contributed by atoms with Crippen molar-refractivity contribution in [2.75, 3.05) is 11.9 Å². The minimum absolute atomic E-state index is 0.0443. The van der Waals surface area contributed by atoms with E-state index in [-0.39, 0.29) is 41.5 Å². The summed E-state index contributed by atoms with van der Waals surface area (Å²) >= 11 is 0. The standard InChI is InChI=1S/C31H26F2N6O4/c1-3-42-27-11-13-39(22-7-4-20(32)5-8-22)31(41)29(27)30(40)37-21-6-9-26(23(33)15-21)43-28-14-19(16-35-24(28)10-12-34)25-17-38(2)18-36-25/h4-9,11-18,34H,3,10H2,1-2H3,(H,37,40). The molecule has 0 saturated heterocycles. The molecule has 2 aromatic carbocycles. The lowest BCUT2D eigenvalue weighted by atomic mass is 10.1. The minimum atomic E-state index is -0.821. The number of ether oxygens (including phenoxy) is 2. The molecular weight excluding hydrogens is 558 g/mol. The lowest BCUT2D eigenvalue weighted by Gasteiger charge is -2.14. The molecule has 0 fully saturated rings. The third-order valence-electron chi connectivity index (χ3n) is 6.32. The molecule has 218 valence electrons. The molecule has 0 aliphatic carbocycles. The van der Waals surface area contributed by atoms with E-state index in [1.807, 2.05) is 7.05 Å². The van der Waals surface area contributed by atoms with Gasteiger partial charge in [0, 0.05) is 61.3 Å². The smallest absolute Gasteiger partial charge is 0.271 e. The number of pyridine rings is 2. The Bertz CT molecular complexity index is 1870. The van der Waals surface area contributed by atoms with Crippen LogP contribution in [0.3, 0.4) is 0 Å². The van der Waals surface area contributed by atoms with Gasteiger partial charge in [0.15, 0.2) is 11.6 Å². The SMILES string of the molecule is CCOc1ccn(-c2ccc(F)cc2)c(=O)c1C(=O)Nc1ccc(Oc2cc(-c3cn(C)cn3)cnc2CC=N)c(F)c1. The molecule has 1 amide bonds. The average molecular weight is 585 g/mol. The summed E-state index contributed by atoms with van der Waals surface area (Å²) in [5.74, 6) is -1.94. The van der Waals surface area contributed by atoms with Gasteiger partial charge in [0.25, 0.3) is 11.5 Å². The van der Waals surface area contributed by atoms with E-state index in [2.05, 4.69) is 15.3 Å². The number of carbonyl (C=O) groups excluding carboxylic acids is 1. The monoisotopic (exact) mass is 584 g/mol. The van der Waals surface area contributed by atoms with Crippen LogP contribution >= 0.6 is 0 Å². The predicted molar refractivity (Wildman–Crippen MR) is 157 cm³/mol. The Hall–Kier alpha value is -5.65. The summed E-state index contributed by atoms with van der Waals surface area (Å²) in [5.41, 5.74) is 1.13. The minimum Gasteiger partial charge on any atom is -0.493 e. The number of carbonyl (C=O) groups is 1. The zero-order valence-electron chi connectivity index (χ0n) is 23.2. The molecule has 0 unspecified atom stereocenters. The Morgan fingerprint density at radius 1 is 1.05 bits per heavy atom. The number of aromatic nitrogens is 4. The maximum atomic E-state index is 15.3. The third kappa shape index (κ3) is 6.32. The quantitative estimate of drug-likeness (QED) is 0.208. The maximum absolute atomic E-state index is 15.3. The van der Waals surface area contributed by atoms with Crippen molar-refractivity contribution in [2.24, 2.45) is 7.05 Å².